The Balaban J connectivity index is 1.73. The van der Waals surface area contributed by atoms with Gasteiger partial charge >= 0.3 is 6.18 Å². The molecular formula is C24H17ClF4N4O2. The summed E-state index contributed by atoms with van der Waals surface area (Å²) in [6, 6.07) is 12.6. The number of nitrogens with zero attached hydrogens (tertiary/aromatic N) is 4. The molecule has 0 fully saturated rings. The molecule has 0 aliphatic carbocycles. The molecule has 4 rings (SSSR count). The molecule has 0 unspecified atom stereocenters. The van der Waals surface area contributed by atoms with Crippen LogP contribution in [0, 0.1) is 5.82 Å². The van der Waals surface area contributed by atoms with Crippen molar-refractivity contribution in [2.45, 2.75) is 12.7 Å². The summed E-state index contributed by atoms with van der Waals surface area (Å²) in [6.45, 7) is 0.0348. The van der Waals surface area contributed by atoms with Crippen LogP contribution in [-0.2, 0) is 19.8 Å². The summed E-state index contributed by atoms with van der Waals surface area (Å²) in [7, 11) is 1.15. The van der Waals surface area contributed by atoms with Gasteiger partial charge in [0.2, 0.25) is 0 Å². The molecule has 6 nitrogen and oxygen atoms in total. The summed E-state index contributed by atoms with van der Waals surface area (Å²) in [5.74, 6) is -1.69. The zero-order chi connectivity index (χ0) is 25.3. The van der Waals surface area contributed by atoms with E-state index in [0.717, 1.165) is 25.4 Å². The monoisotopic (exact) mass is 504 g/mol. The molecule has 2 aromatic carbocycles. The van der Waals surface area contributed by atoms with Gasteiger partial charge in [-0.05, 0) is 42.0 Å². The predicted molar refractivity (Wildman–Crippen MR) is 121 cm³/mol. The highest BCUT2D eigenvalue weighted by atomic mass is 35.5. The molecular weight excluding hydrogens is 488 g/mol. The minimum Gasteiger partial charge on any atom is -0.507 e. The molecule has 1 amide bonds. The smallest absolute Gasteiger partial charge is 0.433 e. The van der Waals surface area contributed by atoms with Crippen LogP contribution < -0.4 is 4.90 Å². The Labute approximate surface area is 202 Å². The van der Waals surface area contributed by atoms with Crippen LogP contribution in [0.15, 0.2) is 67.0 Å². The maximum Gasteiger partial charge on any atom is 0.433 e. The van der Waals surface area contributed by atoms with E-state index in [1.165, 1.54) is 29.3 Å². The van der Waals surface area contributed by atoms with Gasteiger partial charge in [-0.25, -0.2) is 4.39 Å². The quantitative estimate of drug-likeness (QED) is 0.346. The van der Waals surface area contributed by atoms with Crippen LogP contribution in [0.1, 0.15) is 21.6 Å². The van der Waals surface area contributed by atoms with E-state index in [0.29, 0.717) is 15.3 Å². The molecule has 0 spiro atoms. The average molecular weight is 505 g/mol. The lowest BCUT2D eigenvalue weighted by atomic mass is 10.1. The Morgan fingerprint density at radius 3 is 2.40 bits per heavy atom. The van der Waals surface area contributed by atoms with Crippen LogP contribution in [0.3, 0.4) is 0 Å². The van der Waals surface area contributed by atoms with E-state index in [9.17, 15) is 27.5 Å². The first-order valence-electron chi connectivity index (χ1n) is 10.1. The van der Waals surface area contributed by atoms with Crippen molar-refractivity contribution in [1.82, 2.24) is 14.8 Å². The molecule has 11 heteroatoms. The number of carbonyl (C=O) groups excluding carboxylic acids is 1. The molecule has 2 aromatic heterocycles. The number of aromatic nitrogens is 3. The molecule has 35 heavy (non-hydrogen) atoms. The van der Waals surface area contributed by atoms with Crippen molar-refractivity contribution >= 4 is 23.2 Å². The molecule has 0 bridgehead atoms. The number of anilines is 1. The summed E-state index contributed by atoms with van der Waals surface area (Å²) in [5.41, 5.74) is -0.131. The van der Waals surface area contributed by atoms with Crippen molar-refractivity contribution in [3.8, 4) is 17.0 Å². The van der Waals surface area contributed by atoms with E-state index < -0.39 is 23.6 Å². The number of pyridine rings is 1. The summed E-state index contributed by atoms with van der Waals surface area (Å²) < 4.78 is 53.8. The van der Waals surface area contributed by atoms with Crippen molar-refractivity contribution in [2.24, 2.45) is 7.05 Å². The highest BCUT2D eigenvalue weighted by Gasteiger charge is 2.35. The van der Waals surface area contributed by atoms with E-state index in [-0.39, 0.29) is 34.8 Å². The first kappa shape index (κ1) is 24.2. The highest BCUT2D eigenvalue weighted by molar-refractivity contribution is 6.30. The Hall–Kier alpha value is -3.92. The molecule has 180 valence electrons. The molecule has 0 atom stereocenters. The van der Waals surface area contributed by atoms with E-state index in [2.05, 4.69) is 10.1 Å². The number of amides is 1. The van der Waals surface area contributed by atoms with Crippen molar-refractivity contribution in [1.29, 1.82) is 0 Å². The van der Waals surface area contributed by atoms with Crippen molar-refractivity contribution in [2.75, 3.05) is 4.90 Å². The van der Waals surface area contributed by atoms with Crippen molar-refractivity contribution in [3.05, 3.63) is 94.7 Å². The largest absolute Gasteiger partial charge is 0.507 e. The Morgan fingerprint density at radius 1 is 1.09 bits per heavy atom. The van der Waals surface area contributed by atoms with Gasteiger partial charge in [-0.3, -0.25) is 14.5 Å². The number of carbonyl (C=O) groups is 1. The first-order chi connectivity index (χ1) is 16.5. The van der Waals surface area contributed by atoms with Crippen LogP contribution in [0.2, 0.25) is 5.02 Å². The number of benzene rings is 2. The van der Waals surface area contributed by atoms with Crippen molar-refractivity contribution < 1.29 is 27.5 Å². The summed E-state index contributed by atoms with van der Waals surface area (Å²) in [4.78, 5) is 18.3. The third kappa shape index (κ3) is 5.27. The molecule has 1 N–H and O–H groups in total. The van der Waals surface area contributed by atoms with Gasteiger partial charge in [0, 0.05) is 35.6 Å². The van der Waals surface area contributed by atoms with Crippen LogP contribution in [0.4, 0.5) is 23.2 Å². The number of rotatable bonds is 5. The Bertz CT molecular complexity index is 1390. The minimum absolute atomic E-state index is 0.0259. The Kier molecular flexibility index (Phi) is 6.49. The fourth-order valence-electron chi connectivity index (χ4n) is 3.51. The number of phenolic OH excluding ortho intramolecular Hbond substituents is 1. The number of alkyl halides is 3. The molecule has 0 radical (unpaired) electrons. The van der Waals surface area contributed by atoms with Crippen LogP contribution in [-0.4, -0.2) is 25.8 Å². The summed E-state index contributed by atoms with van der Waals surface area (Å²) >= 11 is 5.94. The number of aryl methyl sites for hydroxylation is 1. The highest BCUT2D eigenvalue weighted by Crippen LogP contribution is 2.36. The maximum absolute atomic E-state index is 13.7. The summed E-state index contributed by atoms with van der Waals surface area (Å²) in [5, 5.41) is 15.0. The number of aromatic hydroxyl groups is 1. The van der Waals surface area contributed by atoms with Gasteiger partial charge in [0.25, 0.3) is 5.91 Å². The van der Waals surface area contributed by atoms with E-state index >= 15 is 0 Å². The standard InChI is InChI=1S/C24H17ClF4N4O2/c1-32-22(24(27,28)29)10-20(31-32)19-7-6-18(9-21(19)34)33(13-14-2-4-16(25)5-3-14)23(35)15-8-17(26)12-30-11-15/h2-12,34H,13H2,1H3. The zero-order valence-corrected chi connectivity index (χ0v) is 18.8. The predicted octanol–water partition coefficient (Wildman–Crippen LogP) is 5.85. The van der Waals surface area contributed by atoms with Gasteiger partial charge in [-0.2, -0.15) is 18.3 Å². The molecule has 0 aliphatic rings. The second-order valence-corrected chi connectivity index (χ2v) is 8.08. The third-order valence-electron chi connectivity index (χ3n) is 5.19. The van der Waals surface area contributed by atoms with Crippen molar-refractivity contribution in [3.63, 3.8) is 0 Å². The second kappa shape index (κ2) is 9.38. The van der Waals surface area contributed by atoms with Crippen LogP contribution in [0.5, 0.6) is 5.75 Å². The SMILES string of the molecule is Cn1nc(-c2ccc(N(Cc3ccc(Cl)cc3)C(=O)c3cncc(F)c3)cc2O)cc1C(F)(F)F. The maximum atomic E-state index is 13.7. The fraction of sp³-hybridized carbons (Fsp3) is 0.125. The lowest BCUT2D eigenvalue weighted by Gasteiger charge is -2.24. The van der Waals surface area contributed by atoms with E-state index in [4.69, 9.17) is 11.6 Å². The van der Waals surface area contributed by atoms with Gasteiger partial charge in [-0.1, -0.05) is 23.7 Å². The number of hydrogen-bond donors (Lipinski definition) is 1. The lowest BCUT2D eigenvalue weighted by molar-refractivity contribution is -0.143. The number of phenols is 1. The first-order valence-corrected chi connectivity index (χ1v) is 10.5. The van der Waals surface area contributed by atoms with Gasteiger partial charge in [0.15, 0.2) is 0 Å². The average Bonchev–Trinajstić information content (AvgIpc) is 3.20. The zero-order valence-electron chi connectivity index (χ0n) is 18.1. The Morgan fingerprint density at radius 2 is 1.80 bits per heavy atom. The molecule has 0 saturated carbocycles. The lowest BCUT2D eigenvalue weighted by Crippen LogP contribution is -2.30. The second-order valence-electron chi connectivity index (χ2n) is 7.65. The normalized spacial score (nSPS) is 11.5. The van der Waals surface area contributed by atoms with Gasteiger partial charge in [0.1, 0.15) is 17.3 Å². The number of hydrogen-bond acceptors (Lipinski definition) is 4. The third-order valence-corrected chi connectivity index (χ3v) is 5.44. The molecule has 4 aromatic rings. The molecule has 0 aliphatic heterocycles. The topological polar surface area (TPSA) is 71.2 Å². The van der Waals surface area contributed by atoms with Gasteiger partial charge in [0.05, 0.1) is 24.0 Å². The number of halogens is 5. The molecule has 0 saturated heterocycles. The van der Waals surface area contributed by atoms with E-state index in [1.54, 1.807) is 24.3 Å². The fourth-order valence-corrected chi connectivity index (χ4v) is 3.63. The summed E-state index contributed by atoms with van der Waals surface area (Å²) in [6.07, 6.45) is -2.44. The van der Waals surface area contributed by atoms with Gasteiger partial charge < -0.3 is 10.0 Å². The van der Waals surface area contributed by atoms with Gasteiger partial charge in [-0.15, -0.1) is 0 Å². The van der Waals surface area contributed by atoms with Crippen LogP contribution in [0.25, 0.3) is 11.3 Å². The minimum atomic E-state index is -4.61. The van der Waals surface area contributed by atoms with E-state index in [1.807, 2.05) is 0 Å². The van der Waals surface area contributed by atoms with Crippen LogP contribution >= 0.6 is 11.6 Å². The molecule has 2 heterocycles.